The lowest BCUT2D eigenvalue weighted by molar-refractivity contribution is 0.310. The molecule has 1 aromatic rings. The van der Waals surface area contributed by atoms with Crippen molar-refractivity contribution in [1.29, 1.82) is 0 Å². The van der Waals surface area contributed by atoms with Crippen molar-refractivity contribution in [2.24, 2.45) is 5.92 Å². The molecule has 0 saturated heterocycles. The van der Waals surface area contributed by atoms with Crippen LogP contribution in [0, 0.1) is 12.8 Å². The first-order valence-electron chi connectivity index (χ1n) is 6.79. The van der Waals surface area contributed by atoms with Crippen LogP contribution in [0.25, 0.3) is 0 Å². The molecule has 0 radical (unpaired) electrons. The van der Waals surface area contributed by atoms with Crippen molar-refractivity contribution in [2.75, 3.05) is 0 Å². The fourth-order valence-electron chi connectivity index (χ4n) is 2.59. The van der Waals surface area contributed by atoms with Gasteiger partial charge in [0.25, 0.3) is 0 Å². The number of benzene rings is 1. The Bertz CT molecular complexity index is 603. The molecule has 2 unspecified atom stereocenters. The number of aryl methyl sites for hydroxylation is 1. The van der Waals surface area contributed by atoms with Gasteiger partial charge in [-0.1, -0.05) is 31.4 Å². The van der Waals surface area contributed by atoms with Gasteiger partial charge in [-0.3, -0.25) is 0 Å². The van der Waals surface area contributed by atoms with E-state index < -0.39 is 10.0 Å². The van der Waals surface area contributed by atoms with E-state index in [9.17, 15) is 8.42 Å². The average Bonchev–Trinajstić information content (AvgIpc) is 2.36. The molecule has 1 saturated carbocycles. The monoisotopic (exact) mass is 379 g/mol. The minimum absolute atomic E-state index is 0.0146. The van der Waals surface area contributed by atoms with Crippen LogP contribution in [-0.4, -0.2) is 14.5 Å². The van der Waals surface area contributed by atoms with Gasteiger partial charge in [0.15, 0.2) is 0 Å². The molecule has 2 rings (SSSR count). The van der Waals surface area contributed by atoms with Crippen LogP contribution in [0.1, 0.15) is 38.2 Å². The minimum Gasteiger partial charge on any atom is -0.208 e. The van der Waals surface area contributed by atoms with Crippen molar-refractivity contribution < 1.29 is 8.42 Å². The van der Waals surface area contributed by atoms with Crippen LogP contribution in [0.5, 0.6) is 0 Å². The summed E-state index contributed by atoms with van der Waals surface area (Å²) in [5, 5.41) is 0.463. The quantitative estimate of drug-likeness (QED) is 0.851. The lowest BCUT2D eigenvalue weighted by Gasteiger charge is -2.29. The van der Waals surface area contributed by atoms with E-state index in [4.69, 9.17) is 11.6 Å². The maximum atomic E-state index is 12.5. The second-order valence-corrected chi connectivity index (χ2v) is 8.47. The Morgan fingerprint density at radius 2 is 1.95 bits per heavy atom. The largest absolute Gasteiger partial charge is 0.242 e. The highest BCUT2D eigenvalue weighted by molar-refractivity contribution is 9.10. The molecule has 1 aromatic carbocycles. The van der Waals surface area contributed by atoms with Crippen molar-refractivity contribution in [3.05, 3.63) is 27.2 Å². The molecule has 0 heterocycles. The number of hydrogen-bond donors (Lipinski definition) is 1. The van der Waals surface area contributed by atoms with Crippen LogP contribution in [0.4, 0.5) is 0 Å². The van der Waals surface area contributed by atoms with E-state index in [1.165, 1.54) is 12.5 Å². The van der Waals surface area contributed by atoms with Crippen molar-refractivity contribution in [3.63, 3.8) is 0 Å². The summed E-state index contributed by atoms with van der Waals surface area (Å²) < 4.78 is 28.4. The fraction of sp³-hybridized carbons (Fsp3) is 0.571. The van der Waals surface area contributed by atoms with Crippen molar-refractivity contribution in [1.82, 2.24) is 4.72 Å². The summed E-state index contributed by atoms with van der Waals surface area (Å²) >= 11 is 9.37. The molecule has 1 aliphatic carbocycles. The molecule has 0 aromatic heterocycles. The van der Waals surface area contributed by atoms with Crippen LogP contribution in [0.2, 0.25) is 5.02 Å². The molecule has 1 fully saturated rings. The third-order valence-corrected chi connectivity index (χ3v) is 6.78. The Balaban J connectivity index is 2.28. The first kappa shape index (κ1) is 16.3. The van der Waals surface area contributed by atoms with Gasteiger partial charge in [0.1, 0.15) is 0 Å². The number of hydrogen-bond acceptors (Lipinski definition) is 2. The Hall–Kier alpha value is -0.100. The second-order valence-electron chi connectivity index (χ2n) is 5.52. The molecule has 2 atom stereocenters. The highest BCUT2D eigenvalue weighted by atomic mass is 79.9. The summed E-state index contributed by atoms with van der Waals surface area (Å²) in [6, 6.07) is 3.26. The molecular weight excluding hydrogens is 362 g/mol. The number of sulfonamides is 1. The normalized spacial score (nSPS) is 23.8. The fourth-order valence-corrected chi connectivity index (χ4v) is 5.38. The highest BCUT2D eigenvalue weighted by Crippen LogP contribution is 2.30. The predicted molar refractivity (Wildman–Crippen MR) is 85.6 cm³/mol. The van der Waals surface area contributed by atoms with Crippen molar-refractivity contribution in [3.8, 4) is 0 Å². The smallest absolute Gasteiger partial charge is 0.208 e. The van der Waals surface area contributed by atoms with Gasteiger partial charge < -0.3 is 0 Å². The number of nitrogens with one attached hydrogen (secondary N) is 1. The van der Waals surface area contributed by atoms with E-state index in [-0.39, 0.29) is 10.9 Å². The molecule has 0 aliphatic heterocycles. The zero-order valence-electron chi connectivity index (χ0n) is 11.6. The number of rotatable bonds is 3. The van der Waals surface area contributed by atoms with Gasteiger partial charge >= 0.3 is 0 Å². The molecule has 0 amide bonds. The molecule has 20 heavy (non-hydrogen) atoms. The first-order valence-corrected chi connectivity index (χ1v) is 9.44. The average molecular weight is 381 g/mol. The predicted octanol–water partition coefficient (Wildman–Crippen LogP) is 4.27. The first-order chi connectivity index (χ1) is 9.31. The van der Waals surface area contributed by atoms with Crippen LogP contribution in [0.15, 0.2) is 21.5 Å². The third kappa shape index (κ3) is 3.56. The Morgan fingerprint density at radius 3 is 2.60 bits per heavy atom. The lowest BCUT2D eigenvalue weighted by Crippen LogP contribution is -2.41. The zero-order chi connectivity index (χ0) is 14.9. The Labute approximate surface area is 134 Å². The van der Waals surface area contributed by atoms with E-state index >= 15 is 0 Å². The van der Waals surface area contributed by atoms with Crippen LogP contribution in [0.3, 0.4) is 0 Å². The molecule has 0 bridgehead atoms. The van der Waals surface area contributed by atoms with E-state index in [1.54, 1.807) is 6.07 Å². The molecule has 6 heteroatoms. The van der Waals surface area contributed by atoms with Gasteiger partial charge in [0, 0.05) is 15.5 Å². The summed E-state index contributed by atoms with van der Waals surface area (Å²) in [6.45, 7) is 3.95. The maximum absolute atomic E-state index is 12.5. The molecule has 0 spiro atoms. The van der Waals surface area contributed by atoms with Crippen LogP contribution in [-0.2, 0) is 10.0 Å². The summed E-state index contributed by atoms with van der Waals surface area (Å²) in [5.74, 6) is 0.373. The summed E-state index contributed by atoms with van der Waals surface area (Å²) in [4.78, 5) is 0.214. The Kier molecular flexibility index (Phi) is 5.16. The van der Waals surface area contributed by atoms with Crippen LogP contribution >= 0.6 is 27.5 Å². The van der Waals surface area contributed by atoms with E-state index in [1.807, 2.05) is 6.92 Å². The molecule has 1 aliphatic rings. The molecule has 112 valence electrons. The van der Waals surface area contributed by atoms with Gasteiger partial charge in [0.2, 0.25) is 10.0 Å². The summed E-state index contributed by atoms with van der Waals surface area (Å²) in [7, 11) is -3.54. The van der Waals surface area contributed by atoms with Gasteiger partial charge in [-0.05, 0) is 59.3 Å². The van der Waals surface area contributed by atoms with Gasteiger partial charge in [-0.15, -0.1) is 0 Å². The molecular formula is C14H19BrClNO2S. The van der Waals surface area contributed by atoms with E-state index in [2.05, 4.69) is 27.6 Å². The highest BCUT2D eigenvalue weighted by Gasteiger charge is 2.28. The van der Waals surface area contributed by atoms with Gasteiger partial charge in [-0.25, -0.2) is 13.1 Å². The SMILES string of the molecule is Cc1cc(Br)c(S(=O)(=O)NC2CCCCC2C)cc1Cl. The topological polar surface area (TPSA) is 46.2 Å². The standard InChI is InChI=1S/C14H19BrClNO2S/c1-9-5-3-4-6-13(9)17-20(18,19)14-8-12(16)10(2)7-11(14)15/h7-9,13,17H,3-6H2,1-2H3. The number of halogens is 2. The third-order valence-electron chi connectivity index (χ3n) is 3.92. The molecule has 1 N–H and O–H groups in total. The lowest BCUT2D eigenvalue weighted by atomic mass is 9.87. The minimum atomic E-state index is -3.54. The summed E-state index contributed by atoms with van der Waals surface area (Å²) in [5.41, 5.74) is 0.850. The van der Waals surface area contributed by atoms with Crippen molar-refractivity contribution in [2.45, 2.75) is 50.5 Å². The van der Waals surface area contributed by atoms with Gasteiger partial charge in [0.05, 0.1) is 4.90 Å². The van der Waals surface area contributed by atoms with Crippen molar-refractivity contribution >= 4 is 37.6 Å². The van der Waals surface area contributed by atoms with Crippen LogP contribution < -0.4 is 4.72 Å². The summed E-state index contributed by atoms with van der Waals surface area (Å²) in [6.07, 6.45) is 4.23. The molecule has 3 nitrogen and oxygen atoms in total. The Morgan fingerprint density at radius 1 is 1.30 bits per heavy atom. The second kappa shape index (κ2) is 6.34. The van der Waals surface area contributed by atoms with Gasteiger partial charge in [-0.2, -0.15) is 0 Å². The maximum Gasteiger partial charge on any atom is 0.242 e. The van der Waals surface area contributed by atoms with E-state index in [0.29, 0.717) is 15.4 Å². The van der Waals surface area contributed by atoms with E-state index in [0.717, 1.165) is 24.8 Å². The zero-order valence-corrected chi connectivity index (χ0v) is 14.8.